The van der Waals surface area contributed by atoms with E-state index in [9.17, 15) is 4.79 Å². The van der Waals surface area contributed by atoms with Gasteiger partial charge in [-0.05, 0) is 31.9 Å². The minimum Gasteiger partial charge on any atom is -0.375 e. The van der Waals surface area contributed by atoms with Crippen molar-refractivity contribution < 1.29 is 4.79 Å². The molecule has 1 amide bonds. The first-order chi connectivity index (χ1) is 8.63. The first kappa shape index (κ1) is 13.5. The molecule has 1 aromatic rings. The summed E-state index contributed by atoms with van der Waals surface area (Å²) in [4.78, 5) is 13.9. The van der Waals surface area contributed by atoms with Gasteiger partial charge in [-0.1, -0.05) is 29.3 Å². The van der Waals surface area contributed by atoms with E-state index in [1.165, 1.54) is 0 Å². The van der Waals surface area contributed by atoms with Gasteiger partial charge >= 0.3 is 0 Å². The van der Waals surface area contributed by atoms with Crippen molar-refractivity contribution in [2.24, 2.45) is 0 Å². The topological polar surface area (TPSA) is 32.3 Å². The zero-order chi connectivity index (χ0) is 13.1. The van der Waals surface area contributed by atoms with Crippen LogP contribution in [-0.2, 0) is 4.79 Å². The second-order valence-electron chi connectivity index (χ2n) is 4.37. The number of nitrogens with one attached hydrogen (secondary N) is 1. The molecule has 0 spiro atoms. The molecule has 0 radical (unpaired) electrons. The van der Waals surface area contributed by atoms with Crippen LogP contribution in [-0.4, -0.2) is 29.9 Å². The molecule has 0 saturated heterocycles. The summed E-state index contributed by atoms with van der Waals surface area (Å²) >= 11 is 12.0. The second-order valence-corrected chi connectivity index (χ2v) is 5.15. The van der Waals surface area contributed by atoms with Crippen LogP contribution >= 0.6 is 23.2 Å². The average molecular weight is 287 g/mol. The summed E-state index contributed by atoms with van der Waals surface area (Å²) in [5.41, 5.74) is 0.698. The summed E-state index contributed by atoms with van der Waals surface area (Å²) in [6.45, 7) is 3.02. The van der Waals surface area contributed by atoms with Crippen LogP contribution in [0.5, 0.6) is 0 Å². The Labute approximate surface area is 117 Å². The van der Waals surface area contributed by atoms with E-state index in [0.29, 0.717) is 21.8 Å². The first-order valence-corrected chi connectivity index (χ1v) is 6.86. The molecule has 1 N–H and O–H groups in total. The Morgan fingerprint density at radius 2 is 2.17 bits per heavy atom. The van der Waals surface area contributed by atoms with E-state index in [1.54, 1.807) is 12.1 Å². The lowest BCUT2D eigenvalue weighted by Crippen LogP contribution is -2.37. The van der Waals surface area contributed by atoms with Crippen molar-refractivity contribution in [3.05, 3.63) is 28.2 Å². The van der Waals surface area contributed by atoms with Crippen LogP contribution in [0.15, 0.2) is 18.2 Å². The highest BCUT2D eigenvalue weighted by Gasteiger charge is 2.30. The summed E-state index contributed by atoms with van der Waals surface area (Å²) in [7, 11) is 0. The van der Waals surface area contributed by atoms with Crippen LogP contribution in [0.1, 0.15) is 19.8 Å². The lowest BCUT2D eigenvalue weighted by atomic mass is 10.3. The number of amides is 1. The lowest BCUT2D eigenvalue weighted by molar-refractivity contribution is -0.129. The molecule has 0 heterocycles. The molecule has 0 bridgehead atoms. The predicted molar refractivity (Wildman–Crippen MR) is 75.4 cm³/mol. The number of anilines is 1. The second kappa shape index (κ2) is 5.81. The van der Waals surface area contributed by atoms with Crippen LogP contribution in [0.2, 0.25) is 10.0 Å². The van der Waals surface area contributed by atoms with E-state index < -0.39 is 0 Å². The molecule has 98 valence electrons. The zero-order valence-corrected chi connectivity index (χ0v) is 11.8. The summed E-state index contributed by atoms with van der Waals surface area (Å²) in [5.74, 6) is 0.107. The Bertz CT molecular complexity index is 447. The molecule has 1 aliphatic carbocycles. The SMILES string of the molecule is CCN(C(=O)CNc1cccc(Cl)c1Cl)C1CC1. The number of nitrogens with zero attached hydrogens (tertiary/aromatic N) is 1. The molecule has 5 heteroatoms. The minimum absolute atomic E-state index is 0.107. The van der Waals surface area contributed by atoms with Crippen LogP contribution in [0.3, 0.4) is 0 Å². The van der Waals surface area contributed by atoms with Crippen LogP contribution < -0.4 is 5.32 Å². The number of carbonyl (C=O) groups is 1. The van der Waals surface area contributed by atoms with E-state index in [4.69, 9.17) is 23.2 Å². The molecule has 1 fully saturated rings. The van der Waals surface area contributed by atoms with E-state index in [1.807, 2.05) is 17.9 Å². The van der Waals surface area contributed by atoms with Crippen LogP contribution in [0.4, 0.5) is 5.69 Å². The Hall–Kier alpha value is -0.930. The molecule has 3 nitrogen and oxygen atoms in total. The standard InChI is InChI=1S/C13H16Cl2N2O/c1-2-17(9-6-7-9)12(18)8-16-11-5-3-4-10(14)13(11)15/h3-5,9,16H,2,6-8H2,1H3. The molecule has 1 aliphatic rings. The van der Waals surface area contributed by atoms with Crippen molar-refractivity contribution >= 4 is 34.8 Å². The summed E-state index contributed by atoms with van der Waals surface area (Å²) in [6.07, 6.45) is 2.25. The Kier molecular flexibility index (Phi) is 4.36. The molecular weight excluding hydrogens is 271 g/mol. The monoisotopic (exact) mass is 286 g/mol. The van der Waals surface area contributed by atoms with Gasteiger partial charge in [0.1, 0.15) is 0 Å². The van der Waals surface area contributed by atoms with E-state index in [2.05, 4.69) is 5.32 Å². The molecule has 0 aromatic heterocycles. The Morgan fingerprint density at radius 3 is 2.78 bits per heavy atom. The van der Waals surface area contributed by atoms with Crippen molar-refractivity contribution in [2.75, 3.05) is 18.4 Å². The zero-order valence-electron chi connectivity index (χ0n) is 10.2. The molecule has 0 unspecified atom stereocenters. The maximum Gasteiger partial charge on any atom is 0.242 e. The highest BCUT2D eigenvalue weighted by molar-refractivity contribution is 6.43. The maximum atomic E-state index is 12.0. The summed E-state index contributed by atoms with van der Waals surface area (Å²) in [5, 5.41) is 3.99. The quantitative estimate of drug-likeness (QED) is 0.900. The fraction of sp³-hybridized carbons (Fsp3) is 0.462. The fourth-order valence-electron chi connectivity index (χ4n) is 1.94. The summed E-state index contributed by atoms with van der Waals surface area (Å²) in [6, 6.07) is 5.78. The molecule has 0 aliphatic heterocycles. The van der Waals surface area contributed by atoms with Crippen molar-refractivity contribution in [1.82, 2.24) is 4.90 Å². The van der Waals surface area contributed by atoms with Crippen LogP contribution in [0.25, 0.3) is 0 Å². The smallest absolute Gasteiger partial charge is 0.242 e. The third-order valence-electron chi connectivity index (χ3n) is 3.03. The van der Waals surface area contributed by atoms with E-state index in [0.717, 1.165) is 19.4 Å². The normalized spacial score (nSPS) is 14.4. The third kappa shape index (κ3) is 3.09. The Morgan fingerprint density at radius 1 is 1.44 bits per heavy atom. The first-order valence-electron chi connectivity index (χ1n) is 6.10. The lowest BCUT2D eigenvalue weighted by Gasteiger charge is -2.21. The number of likely N-dealkylation sites (N-methyl/N-ethyl adjacent to an activating group) is 1. The molecular formula is C13H16Cl2N2O. The van der Waals surface area contributed by atoms with Gasteiger partial charge in [-0.15, -0.1) is 0 Å². The fourth-order valence-corrected chi connectivity index (χ4v) is 2.30. The molecule has 18 heavy (non-hydrogen) atoms. The van der Waals surface area contributed by atoms with E-state index >= 15 is 0 Å². The van der Waals surface area contributed by atoms with Gasteiger partial charge in [0.15, 0.2) is 0 Å². The Balaban J connectivity index is 1.94. The minimum atomic E-state index is 0.107. The number of benzene rings is 1. The van der Waals surface area contributed by atoms with Gasteiger partial charge in [-0.2, -0.15) is 0 Å². The van der Waals surface area contributed by atoms with Gasteiger partial charge in [0.05, 0.1) is 22.3 Å². The van der Waals surface area contributed by atoms with Crippen molar-refractivity contribution in [3.8, 4) is 0 Å². The largest absolute Gasteiger partial charge is 0.375 e. The molecule has 2 rings (SSSR count). The number of halogens is 2. The van der Waals surface area contributed by atoms with Gasteiger partial charge in [0, 0.05) is 12.6 Å². The highest BCUT2D eigenvalue weighted by Crippen LogP contribution is 2.30. The number of rotatable bonds is 5. The average Bonchev–Trinajstić information content (AvgIpc) is 3.16. The predicted octanol–water partition coefficient (Wildman–Crippen LogP) is 3.42. The molecule has 1 saturated carbocycles. The van der Waals surface area contributed by atoms with Crippen molar-refractivity contribution in [2.45, 2.75) is 25.8 Å². The maximum absolute atomic E-state index is 12.0. The van der Waals surface area contributed by atoms with Gasteiger partial charge in [-0.3, -0.25) is 4.79 Å². The highest BCUT2D eigenvalue weighted by atomic mass is 35.5. The molecule has 1 aromatic carbocycles. The van der Waals surface area contributed by atoms with Gasteiger partial charge in [-0.25, -0.2) is 0 Å². The summed E-state index contributed by atoms with van der Waals surface area (Å²) < 4.78 is 0. The molecule has 0 atom stereocenters. The third-order valence-corrected chi connectivity index (χ3v) is 3.85. The van der Waals surface area contributed by atoms with Crippen molar-refractivity contribution in [1.29, 1.82) is 0 Å². The van der Waals surface area contributed by atoms with Gasteiger partial charge < -0.3 is 10.2 Å². The number of hydrogen-bond donors (Lipinski definition) is 1. The van der Waals surface area contributed by atoms with Crippen LogP contribution in [0, 0.1) is 0 Å². The van der Waals surface area contributed by atoms with Crippen molar-refractivity contribution in [3.63, 3.8) is 0 Å². The van der Waals surface area contributed by atoms with Gasteiger partial charge in [0.2, 0.25) is 5.91 Å². The van der Waals surface area contributed by atoms with Gasteiger partial charge in [0.25, 0.3) is 0 Å². The van der Waals surface area contributed by atoms with E-state index in [-0.39, 0.29) is 12.5 Å². The number of carbonyl (C=O) groups excluding carboxylic acids is 1. The number of hydrogen-bond acceptors (Lipinski definition) is 2.